The number of nitrogens with one attached hydrogen (secondary N) is 1. The zero-order valence-electron chi connectivity index (χ0n) is 20.6. The molecule has 0 aliphatic carbocycles. The van der Waals surface area contributed by atoms with Gasteiger partial charge in [0, 0.05) is 46.1 Å². The molecule has 0 aromatic heterocycles. The average Bonchev–Trinajstić information content (AvgIpc) is 2.88. The molecule has 1 N–H and O–H groups in total. The monoisotopic (exact) mass is 542 g/mol. The molecule has 3 aromatic carbocycles. The predicted molar refractivity (Wildman–Crippen MR) is 151 cm³/mol. The summed E-state index contributed by atoms with van der Waals surface area (Å²) in [6.45, 7) is 4.26. The van der Waals surface area contributed by atoms with Crippen molar-refractivity contribution in [2.75, 3.05) is 5.75 Å². The minimum absolute atomic E-state index is 0.00787. The summed E-state index contributed by atoms with van der Waals surface area (Å²) >= 11 is 14.0. The summed E-state index contributed by atoms with van der Waals surface area (Å²) in [6, 6.07) is 24.2. The summed E-state index contributed by atoms with van der Waals surface area (Å²) in [5, 5.41) is 4.34. The molecule has 0 spiro atoms. The lowest BCUT2D eigenvalue weighted by molar-refractivity contribution is -0.141. The van der Waals surface area contributed by atoms with Crippen LogP contribution in [0.25, 0.3) is 0 Å². The molecule has 0 unspecified atom stereocenters. The molecule has 0 saturated carbocycles. The topological polar surface area (TPSA) is 49.4 Å². The van der Waals surface area contributed by atoms with Crippen molar-refractivity contribution in [2.45, 2.75) is 56.6 Å². The van der Waals surface area contributed by atoms with Crippen molar-refractivity contribution in [1.82, 2.24) is 10.2 Å². The van der Waals surface area contributed by atoms with Gasteiger partial charge in [0.2, 0.25) is 11.8 Å². The van der Waals surface area contributed by atoms with Crippen LogP contribution in [0.4, 0.5) is 0 Å². The zero-order chi connectivity index (χ0) is 25.9. The summed E-state index contributed by atoms with van der Waals surface area (Å²) in [6.07, 6.45) is 1.52. The van der Waals surface area contributed by atoms with Gasteiger partial charge in [-0.2, -0.15) is 0 Å². The van der Waals surface area contributed by atoms with E-state index in [1.807, 2.05) is 86.6 Å². The highest BCUT2D eigenvalue weighted by atomic mass is 35.5. The summed E-state index contributed by atoms with van der Waals surface area (Å²) in [5.74, 6) is 0.348. The molecule has 2 atom stereocenters. The SMILES string of the molecule is CC[C@H](C)NC(=O)[C@H](Cc1ccccc1)N(Cc1ccccc1Cl)C(=O)CCSc1ccc(Cl)cc1. The lowest BCUT2D eigenvalue weighted by Crippen LogP contribution is -2.52. The number of benzene rings is 3. The largest absolute Gasteiger partial charge is 0.352 e. The van der Waals surface area contributed by atoms with Gasteiger partial charge >= 0.3 is 0 Å². The molecular weight excluding hydrogens is 511 g/mol. The number of thioether (sulfide) groups is 1. The highest BCUT2D eigenvalue weighted by Gasteiger charge is 2.31. The van der Waals surface area contributed by atoms with Crippen molar-refractivity contribution < 1.29 is 9.59 Å². The van der Waals surface area contributed by atoms with Gasteiger partial charge in [-0.25, -0.2) is 0 Å². The molecule has 190 valence electrons. The fourth-order valence-electron chi connectivity index (χ4n) is 3.74. The highest BCUT2D eigenvalue weighted by Crippen LogP contribution is 2.24. The molecule has 0 fully saturated rings. The van der Waals surface area contributed by atoms with E-state index in [2.05, 4.69) is 5.32 Å². The van der Waals surface area contributed by atoms with Crippen LogP contribution in [-0.2, 0) is 22.6 Å². The third-order valence-electron chi connectivity index (χ3n) is 5.97. The van der Waals surface area contributed by atoms with Crippen molar-refractivity contribution in [2.24, 2.45) is 0 Å². The van der Waals surface area contributed by atoms with E-state index >= 15 is 0 Å². The van der Waals surface area contributed by atoms with Crippen LogP contribution in [0, 0.1) is 0 Å². The van der Waals surface area contributed by atoms with Crippen molar-refractivity contribution in [3.05, 3.63) is 100 Å². The quantitative estimate of drug-likeness (QED) is 0.250. The van der Waals surface area contributed by atoms with E-state index in [1.165, 1.54) is 0 Å². The summed E-state index contributed by atoms with van der Waals surface area (Å²) in [4.78, 5) is 29.9. The fraction of sp³-hybridized carbons (Fsp3) is 0.310. The Hall–Kier alpha value is -2.47. The first-order chi connectivity index (χ1) is 17.4. The molecule has 0 aliphatic rings. The van der Waals surface area contributed by atoms with Crippen molar-refractivity contribution in [3.63, 3.8) is 0 Å². The lowest BCUT2D eigenvalue weighted by Gasteiger charge is -2.32. The maximum Gasteiger partial charge on any atom is 0.243 e. The third-order valence-corrected chi connectivity index (χ3v) is 7.60. The van der Waals surface area contributed by atoms with Gasteiger partial charge in [-0.05, 0) is 54.8 Å². The van der Waals surface area contributed by atoms with Crippen LogP contribution >= 0.6 is 35.0 Å². The second-order valence-electron chi connectivity index (χ2n) is 8.69. The molecule has 4 nitrogen and oxygen atoms in total. The molecule has 0 aliphatic heterocycles. The summed E-state index contributed by atoms with van der Waals surface area (Å²) < 4.78 is 0. The standard InChI is InChI=1S/C29H32Cl2N2O2S/c1-3-21(2)32-29(35)27(19-22-9-5-4-6-10-22)33(20-23-11-7-8-12-26(23)31)28(34)17-18-36-25-15-13-24(30)14-16-25/h4-16,21,27H,3,17-20H2,1-2H3,(H,32,35)/t21-,27-/m0/s1. The van der Waals surface area contributed by atoms with Crippen LogP contribution in [0.5, 0.6) is 0 Å². The Balaban J connectivity index is 1.86. The first kappa shape index (κ1) is 28.1. The van der Waals surface area contributed by atoms with Gasteiger partial charge < -0.3 is 10.2 Å². The van der Waals surface area contributed by atoms with Gasteiger partial charge in [-0.15, -0.1) is 11.8 Å². The van der Waals surface area contributed by atoms with Gasteiger partial charge in [0.15, 0.2) is 0 Å². The Morgan fingerprint density at radius 3 is 2.28 bits per heavy atom. The van der Waals surface area contributed by atoms with Crippen LogP contribution in [0.2, 0.25) is 10.0 Å². The van der Waals surface area contributed by atoms with E-state index in [-0.39, 0.29) is 24.4 Å². The third kappa shape index (κ3) is 8.58. The maximum atomic E-state index is 13.7. The normalized spacial score (nSPS) is 12.6. The minimum atomic E-state index is -0.661. The van der Waals surface area contributed by atoms with Crippen molar-refractivity contribution in [3.8, 4) is 0 Å². The molecular formula is C29H32Cl2N2O2S. The van der Waals surface area contributed by atoms with Crippen LogP contribution in [0.1, 0.15) is 37.8 Å². The molecule has 0 saturated heterocycles. The molecule has 7 heteroatoms. The number of halogens is 2. The number of hydrogen-bond donors (Lipinski definition) is 1. The predicted octanol–water partition coefficient (Wildman–Crippen LogP) is 7.03. The van der Waals surface area contributed by atoms with E-state index in [0.717, 1.165) is 22.4 Å². The second-order valence-corrected chi connectivity index (χ2v) is 10.7. The molecule has 0 radical (unpaired) electrons. The molecule has 36 heavy (non-hydrogen) atoms. The minimum Gasteiger partial charge on any atom is -0.352 e. The second kappa shape index (κ2) is 14.3. The molecule has 3 aromatic rings. The molecule has 0 bridgehead atoms. The summed E-state index contributed by atoms with van der Waals surface area (Å²) in [5.41, 5.74) is 1.81. The Bertz CT molecular complexity index is 1130. The smallest absolute Gasteiger partial charge is 0.243 e. The summed E-state index contributed by atoms with van der Waals surface area (Å²) in [7, 11) is 0. The Kier molecular flexibility index (Phi) is 11.2. The Labute approximate surface area is 228 Å². The van der Waals surface area contributed by atoms with Crippen LogP contribution in [0.15, 0.2) is 83.8 Å². The van der Waals surface area contributed by atoms with Crippen molar-refractivity contribution >= 4 is 46.8 Å². The Morgan fingerprint density at radius 1 is 0.944 bits per heavy atom. The van der Waals surface area contributed by atoms with E-state index < -0.39 is 6.04 Å². The van der Waals surface area contributed by atoms with Gasteiger partial charge in [-0.3, -0.25) is 9.59 Å². The van der Waals surface area contributed by atoms with Gasteiger partial charge in [0.25, 0.3) is 0 Å². The van der Waals surface area contributed by atoms with Gasteiger partial charge in [0.05, 0.1) is 0 Å². The first-order valence-electron chi connectivity index (χ1n) is 12.1. The van der Waals surface area contributed by atoms with E-state index in [0.29, 0.717) is 28.6 Å². The first-order valence-corrected chi connectivity index (χ1v) is 13.9. The average molecular weight is 544 g/mol. The van der Waals surface area contributed by atoms with Crippen molar-refractivity contribution in [1.29, 1.82) is 0 Å². The number of carbonyl (C=O) groups excluding carboxylic acids is 2. The van der Waals surface area contributed by atoms with Gasteiger partial charge in [-0.1, -0.05) is 78.7 Å². The van der Waals surface area contributed by atoms with Gasteiger partial charge in [0.1, 0.15) is 6.04 Å². The van der Waals surface area contributed by atoms with Crippen LogP contribution in [-0.4, -0.2) is 34.6 Å². The zero-order valence-corrected chi connectivity index (χ0v) is 23.0. The molecule has 3 rings (SSSR count). The molecule has 0 heterocycles. The number of amides is 2. The van der Waals surface area contributed by atoms with E-state index in [4.69, 9.17) is 23.2 Å². The lowest BCUT2D eigenvalue weighted by atomic mass is 10.0. The number of nitrogens with zero attached hydrogens (tertiary/aromatic N) is 1. The van der Waals surface area contributed by atoms with Crippen LogP contribution < -0.4 is 5.32 Å². The Morgan fingerprint density at radius 2 is 1.61 bits per heavy atom. The number of rotatable bonds is 12. The highest BCUT2D eigenvalue weighted by molar-refractivity contribution is 7.99. The maximum absolute atomic E-state index is 13.7. The number of carbonyl (C=O) groups is 2. The van der Waals surface area contributed by atoms with Crippen LogP contribution in [0.3, 0.4) is 0 Å². The van der Waals surface area contributed by atoms with E-state index in [9.17, 15) is 9.59 Å². The molecule has 2 amide bonds. The number of hydrogen-bond acceptors (Lipinski definition) is 3. The fourth-order valence-corrected chi connectivity index (χ4v) is 4.90. The van der Waals surface area contributed by atoms with E-state index in [1.54, 1.807) is 22.7 Å².